The van der Waals surface area contributed by atoms with Crippen LogP contribution in [0.1, 0.15) is 48.0 Å². The van der Waals surface area contributed by atoms with Crippen molar-refractivity contribution in [2.75, 3.05) is 13.1 Å². The Morgan fingerprint density at radius 1 is 1.10 bits per heavy atom. The maximum atomic E-state index is 8.51. The predicted octanol–water partition coefficient (Wildman–Crippen LogP) is 3.18. The largest absolute Gasteiger partial charge is 0.390 e. The molecule has 2 atom stereocenters. The van der Waals surface area contributed by atoms with Gasteiger partial charge in [-0.2, -0.15) is 5.26 Å². The second kappa shape index (κ2) is 12.4. The summed E-state index contributed by atoms with van der Waals surface area (Å²) in [4.78, 5) is 2.14. The highest BCUT2D eigenvalue weighted by molar-refractivity contribution is 5.23. The first-order chi connectivity index (χ1) is 9.54. The molecule has 1 heterocycles. The van der Waals surface area contributed by atoms with Gasteiger partial charge in [0.05, 0.1) is 5.82 Å². The zero-order valence-electron chi connectivity index (χ0n) is 14.0. The normalized spacial score (nSPS) is 22.8. The van der Waals surface area contributed by atoms with Crippen molar-refractivity contribution in [1.82, 2.24) is 4.90 Å². The summed E-state index contributed by atoms with van der Waals surface area (Å²) >= 11 is 0. The van der Waals surface area contributed by atoms with Crippen LogP contribution >= 0.6 is 0 Å². The van der Waals surface area contributed by atoms with E-state index in [1.807, 2.05) is 33.8 Å². The Balaban J connectivity index is 0. The molecule has 1 aliphatic heterocycles. The van der Waals surface area contributed by atoms with Crippen molar-refractivity contribution in [2.24, 2.45) is 23.3 Å². The average molecular weight is 280 g/mol. The SMILES string of the molecule is CC.CC.CC1CCN(/C(N)=C/C=C(\N)C#N)CC1C. The Labute approximate surface area is 125 Å². The van der Waals surface area contributed by atoms with Crippen molar-refractivity contribution >= 4 is 0 Å². The van der Waals surface area contributed by atoms with E-state index in [1.165, 1.54) is 0 Å². The molecule has 4 nitrogen and oxygen atoms in total. The molecule has 20 heavy (non-hydrogen) atoms. The van der Waals surface area contributed by atoms with E-state index in [9.17, 15) is 0 Å². The smallest absolute Gasteiger partial charge is 0.117 e. The van der Waals surface area contributed by atoms with Crippen molar-refractivity contribution in [1.29, 1.82) is 5.26 Å². The molecule has 0 aromatic heterocycles. The van der Waals surface area contributed by atoms with Crippen LogP contribution in [0.3, 0.4) is 0 Å². The van der Waals surface area contributed by atoms with Gasteiger partial charge in [-0.1, -0.05) is 41.5 Å². The number of nitrogens with zero attached hydrogens (tertiary/aromatic N) is 2. The van der Waals surface area contributed by atoms with Crippen molar-refractivity contribution < 1.29 is 0 Å². The van der Waals surface area contributed by atoms with Gasteiger partial charge in [-0.25, -0.2) is 0 Å². The zero-order chi connectivity index (χ0) is 16.1. The van der Waals surface area contributed by atoms with E-state index < -0.39 is 0 Å². The van der Waals surface area contributed by atoms with Crippen molar-refractivity contribution in [3.8, 4) is 6.07 Å². The Morgan fingerprint density at radius 2 is 1.65 bits per heavy atom. The Bertz CT molecular complexity index is 339. The maximum absolute atomic E-state index is 8.51. The number of likely N-dealkylation sites (tertiary alicyclic amines) is 1. The monoisotopic (exact) mass is 280 g/mol. The molecule has 1 saturated heterocycles. The van der Waals surface area contributed by atoms with Gasteiger partial charge in [-0.3, -0.25) is 0 Å². The van der Waals surface area contributed by atoms with Crippen LogP contribution < -0.4 is 11.5 Å². The molecule has 1 aliphatic rings. The van der Waals surface area contributed by atoms with Crippen LogP contribution in [0.15, 0.2) is 23.7 Å². The van der Waals surface area contributed by atoms with Crippen LogP contribution in [-0.4, -0.2) is 18.0 Å². The minimum absolute atomic E-state index is 0.182. The topological polar surface area (TPSA) is 79.1 Å². The van der Waals surface area contributed by atoms with Crippen molar-refractivity contribution in [2.45, 2.75) is 48.0 Å². The minimum atomic E-state index is 0.182. The molecule has 0 aromatic carbocycles. The molecule has 0 amide bonds. The van der Waals surface area contributed by atoms with Gasteiger partial charge >= 0.3 is 0 Å². The second-order valence-electron chi connectivity index (χ2n) is 4.51. The van der Waals surface area contributed by atoms with E-state index in [0.717, 1.165) is 25.4 Å². The van der Waals surface area contributed by atoms with Gasteiger partial charge in [0.15, 0.2) is 0 Å². The maximum Gasteiger partial charge on any atom is 0.117 e. The van der Waals surface area contributed by atoms with Crippen LogP contribution in [0.25, 0.3) is 0 Å². The third-order valence-electron chi connectivity index (χ3n) is 3.26. The van der Waals surface area contributed by atoms with Gasteiger partial charge in [0, 0.05) is 13.1 Å². The lowest BCUT2D eigenvalue weighted by atomic mass is 9.89. The van der Waals surface area contributed by atoms with E-state index in [1.54, 1.807) is 12.2 Å². The van der Waals surface area contributed by atoms with Crippen LogP contribution in [0.4, 0.5) is 0 Å². The summed E-state index contributed by atoms with van der Waals surface area (Å²) in [5.74, 6) is 2.10. The summed E-state index contributed by atoms with van der Waals surface area (Å²) in [7, 11) is 0. The molecule has 0 bridgehead atoms. The zero-order valence-corrected chi connectivity index (χ0v) is 14.0. The van der Waals surface area contributed by atoms with Gasteiger partial charge in [0.1, 0.15) is 11.8 Å². The first kappa shape index (κ1) is 20.7. The molecular weight excluding hydrogens is 248 g/mol. The van der Waals surface area contributed by atoms with Crippen LogP contribution in [0.5, 0.6) is 0 Å². The number of hydrogen-bond donors (Lipinski definition) is 2. The average Bonchev–Trinajstić information content (AvgIpc) is 2.51. The third kappa shape index (κ3) is 7.73. The summed E-state index contributed by atoms with van der Waals surface area (Å²) in [6.07, 6.45) is 4.42. The standard InChI is InChI=1S/C12H20N4.2C2H6/c1-9-5-6-16(8-10(9)2)12(15)4-3-11(14)7-13;2*1-2/h3-4,9-10H,5-6,8,14-15H2,1-2H3;2*1-2H3/b11-3-,12-4+;;. The van der Waals surface area contributed by atoms with Crippen LogP contribution in [0.2, 0.25) is 0 Å². The summed E-state index contributed by atoms with van der Waals surface area (Å²) < 4.78 is 0. The number of rotatable bonds is 2. The Hall–Kier alpha value is -1.63. The summed E-state index contributed by atoms with van der Waals surface area (Å²) in [6, 6.07) is 1.86. The lowest BCUT2D eigenvalue weighted by Crippen LogP contribution is -2.40. The highest BCUT2D eigenvalue weighted by Crippen LogP contribution is 2.23. The van der Waals surface area contributed by atoms with Crippen molar-refractivity contribution in [3.05, 3.63) is 23.7 Å². The molecule has 116 valence electrons. The van der Waals surface area contributed by atoms with E-state index in [2.05, 4.69) is 18.7 Å². The molecule has 1 fully saturated rings. The molecular formula is C16H32N4. The highest BCUT2D eigenvalue weighted by atomic mass is 15.2. The van der Waals surface area contributed by atoms with E-state index >= 15 is 0 Å². The number of allylic oxidation sites excluding steroid dienone is 3. The van der Waals surface area contributed by atoms with E-state index in [-0.39, 0.29) is 5.70 Å². The summed E-state index contributed by atoms with van der Waals surface area (Å²) in [5, 5.41) is 8.51. The number of piperidine rings is 1. The van der Waals surface area contributed by atoms with Gasteiger partial charge in [-0.15, -0.1) is 0 Å². The molecule has 1 rings (SSSR count). The lowest BCUT2D eigenvalue weighted by molar-refractivity contribution is 0.171. The fourth-order valence-corrected chi connectivity index (χ4v) is 1.82. The molecule has 4 N–H and O–H groups in total. The van der Waals surface area contributed by atoms with Gasteiger partial charge < -0.3 is 16.4 Å². The molecule has 4 heteroatoms. The molecule has 0 saturated carbocycles. The molecule has 2 unspecified atom stereocenters. The fourth-order valence-electron chi connectivity index (χ4n) is 1.82. The second-order valence-corrected chi connectivity index (χ2v) is 4.51. The quantitative estimate of drug-likeness (QED) is 0.601. The van der Waals surface area contributed by atoms with E-state index in [4.69, 9.17) is 16.7 Å². The number of nitrogens with two attached hydrogens (primary N) is 2. The molecule has 0 aromatic rings. The van der Waals surface area contributed by atoms with Crippen molar-refractivity contribution in [3.63, 3.8) is 0 Å². The number of nitriles is 1. The fraction of sp³-hybridized carbons (Fsp3) is 0.688. The summed E-state index contributed by atoms with van der Waals surface area (Å²) in [5.41, 5.74) is 11.5. The molecule has 0 radical (unpaired) electrons. The molecule has 0 aliphatic carbocycles. The van der Waals surface area contributed by atoms with E-state index in [0.29, 0.717) is 11.7 Å². The van der Waals surface area contributed by atoms with Crippen LogP contribution in [-0.2, 0) is 0 Å². The summed E-state index contributed by atoms with van der Waals surface area (Å²) in [6.45, 7) is 14.5. The third-order valence-corrected chi connectivity index (χ3v) is 3.26. The minimum Gasteiger partial charge on any atom is -0.390 e. The lowest BCUT2D eigenvalue weighted by Gasteiger charge is -2.36. The van der Waals surface area contributed by atoms with Crippen LogP contribution in [0, 0.1) is 23.2 Å². The van der Waals surface area contributed by atoms with Gasteiger partial charge in [0.25, 0.3) is 0 Å². The first-order valence-corrected chi connectivity index (χ1v) is 7.62. The Kier molecular flexibility index (Phi) is 12.8. The van der Waals surface area contributed by atoms with Gasteiger partial charge in [0.2, 0.25) is 0 Å². The highest BCUT2D eigenvalue weighted by Gasteiger charge is 2.22. The Morgan fingerprint density at radius 3 is 2.10 bits per heavy atom. The number of hydrogen-bond acceptors (Lipinski definition) is 4. The van der Waals surface area contributed by atoms with Gasteiger partial charge in [-0.05, 0) is 30.4 Å². The first-order valence-electron chi connectivity index (χ1n) is 7.62. The molecule has 0 spiro atoms. The predicted molar refractivity (Wildman–Crippen MR) is 87.4 cm³/mol.